The molecule has 16 heavy (non-hydrogen) atoms. The number of hydrogen-bond donors (Lipinski definition) is 1. The second kappa shape index (κ2) is 11.1. The van der Waals surface area contributed by atoms with Crippen molar-refractivity contribution in [1.82, 2.24) is 4.90 Å². The van der Waals surface area contributed by atoms with E-state index < -0.39 is 0 Å². The van der Waals surface area contributed by atoms with E-state index in [-0.39, 0.29) is 0 Å². The third-order valence-corrected chi connectivity index (χ3v) is 5.96. The van der Waals surface area contributed by atoms with Crippen LogP contribution in [0.1, 0.15) is 6.42 Å². The molecule has 5 heteroatoms. The van der Waals surface area contributed by atoms with Crippen molar-refractivity contribution < 1.29 is 0 Å². The molecule has 1 saturated heterocycles. The summed E-state index contributed by atoms with van der Waals surface area (Å²) in [6, 6.07) is 0. The number of nitrogens with zero attached hydrogens (tertiary/aromatic N) is 1. The van der Waals surface area contributed by atoms with Crippen LogP contribution >= 0.6 is 35.3 Å². The highest BCUT2D eigenvalue weighted by atomic mass is 32.2. The topological polar surface area (TPSA) is 29.3 Å². The van der Waals surface area contributed by atoms with Crippen molar-refractivity contribution in [3.05, 3.63) is 0 Å². The van der Waals surface area contributed by atoms with Gasteiger partial charge in [-0.25, -0.2) is 0 Å². The summed E-state index contributed by atoms with van der Waals surface area (Å²) in [4.78, 5) is 2.58. The van der Waals surface area contributed by atoms with E-state index in [1.165, 1.54) is 54.2 Å². The van der Waals surface area contributed by atoms with Gasteiger partial charge in [-0.15, -0.1) is 0 Å². The highest BCUT2D eigenvalue weighted by Crippen LogP contribution is 2.12. The molecule has 0 amide bonds. The highest BCUT2D eigenvalue weighted by molar-refractivity contribution is 8.04. The second-order valence-electron chi connectivity index (χ2n) is 3.82. The quantitative estimate of drug-likeness (QED) is 0.852. The van der Waals surface area contributed by atoms with E-state index in [9.17, 15) is 0 Å². The molecular weight excluding hydrogens is 256 g/mol. The molecule has 0 aromatic rings. The maximum Gasteiger partial charge on any atom is 0.00727 e. The molecule has 1 aliphatic heterocycles. The van der Waals surface area contributed by atoms with E-state index in [1.54, 1.807) is 0 Å². The molecule has 1 heterocycles. The summed E-state index contributed by atoms with van der Waals surface area (Å²) in [5.74, 6) is 7.87. The molecule has 0 bridgehead atoms. The Bertz CT molecular complexity index is 146. The molecular formula is C11H24N2S3. The fourth-order valence-corrected chi connectivity index (χ4v) is 4.85. The van der Waals surface area contributed by atoms with Crippen LogP contribution in [-0.4, -0.2) is 65.6 Å². The Hall–Kier alpha value is 0.970. The van der Waals surface area contributed by atoms with Crippen LogP contribution in [0.2, 0.25) is 0 Å². The predicted molar refractivity (Wildman–Crippen MR) is 82.1 cm³/mol. The number of hydrogen-bond acceptors (Lipinski definition) is 5. The van der Waals surface area contributed by atoms with Crippen molar-refractivity contribution in [2.45, 2.75) is 6.42 Å². The van der Waals surface area contributed by atoms with Gasteiger partial charge < -0.3 is 10.6 Å². The van der Waals surface area contributed by atoms with Gasteiger partial charge in [0.2, 0.25) is 0 Å². The third-order valence-electron chi connectivity index (χ3n) is 2.53. The molecule has 0 radical (unpaired) electrons. The van der Waals surface area contributed by atoms with Gasteiger partial charge in [-0.05, 0) is 19.5 Å². The van der Waals surface area contributed by atoms with Gasteiger partial charge in [-0.2, -0.15) is 35.3 Å². The molecule has 0 aromatic carbocycles. The van der Waals surface area contributed by atoms with Gasteiger partial charge in [0.25, 0.3) is 0 Å². The van der Waals surface area contributed by atoms with Gasteiger partial charge in [0.05, 0.1) is 0 Å². The largest absolute Gasteiger partial charge is 0.330 e. The van der Waals surface area contributed by atoms with E-state index in [2.05, 4.69) is 40.2 Å². The number of thioether (sulfide) groups is 3. The summed E-state index contributed by atoms with van der Waals surface area (Å²) >= 11 is 6.32. The first-order valence-electron chi connectivity index (χ1n) is 6.09. The SMILES string of the molecule is NCCCN1CCSCCSCCSCC1. The molecule has 0 saturated carbocycles. The lowest BCUT2D eigenvalue weighted by molar-refractivity contribution is 0.307. The van der Waals surface area contributed by atoms with E-state index in [0.717, 1.165) is 13.0 Å². The van der Waals surface area contributed by atoms with Gasteiger partial charge in [-0.3, -0.25) is 0 Å². The van der Waals surface area contributed by atoms with Crippen LogP contribution in [0.4, 0.5) is 0 Å². The second-order valence-corrected chi connectivity index (χ2v) is 7.50. The molecule has 2 nitrogen and oxygen atoms in total. The Balaban J connectivity index is 2.19. The predicted octanol–water partition coefficient (Wildman–Crippen LogP) is 1.85. The summed E-state index contributed by atoms with van der Waals surface area (Å²) < 4.78 is 0. The molecule has 1 rings (SSSR count). The minimum absolute atomic E-state index is 0.827. The molecule has 2 N–H and O–H groups in total. The van der Waals surface area contributed by atoms with Crippen LogP contribution in [0.25, 0.3) is 0 Å². The number of rotatable bonds is 3. The smallest absolute Gasteiger partial charge is 0.00727 e. The summed E-state index contributed by atoms with van der Waals surface area (Å²) in [5, 5.41) is 0. The van der Waals surface area contributed by atoms with E-state index >= 15 is 0 Å². The van der Waals surface area contributed by atoms with E-state index in [4.69, 9.17) is 5.73 Å². The lowest BCUT2D eigenvalue weighted by atomic mass is 10.4. The minimum Gasteiger partial charge on any atom is -0.330 e. The Morgan fingerprint density at radius 1 is 0.812 bits per heavy atom. The van der Waals surface area contributed by atoms with Crippen LogP contribution in [0.15, 0.2) is 0 Å². The lowest BCUT2D eigenvalue weighted by Crippen LogP contribution is -2.31. The van der Waals surface area contributed by atoms with Crippen molar-refractivity contribution in [2.24, 2.45) is 5.73 Å². The van der Waals surface area contributed by atoms with Crippen molar-refractivity contribution in [1.29, 1.82) is 0 Å². The maximum absolute atomic E-state index is 5.58. The Morgan fingerprint density at radius 2 is 1.31 bits per heavy atom. The average molecular weight is 281 g/mol. The van der Waals surface area contributed by atoms with Crippen molar-refractivity contribution >= 4 is 35.3 Å². The summed E-state index contributed by atoms with van der Waals surface area (Å²) in [6.45, 7) is 4.51. The van der Waals surface area contributed by atoms with Crippen molar-refractivity contribution in [2.75, 3.05) is 60.7 Å². The van der Waals surface area contributed by atoms with E-state index in [0.29, 0.717) is 0 Å². The maximum atomic E-state index is 5.58. The lowest BCUT2D eigenvalue weighted by Gasteiger charge is -2.22. The van der Waals surface area contributed by atoms with Crippen molar-refractivity contribution in [3.8, 4) is 0 Å². The highest BCUT2D eigenvalue weighted by Gasteiger charge is 2.05. The summed E-state index contributed by atoms with van der Waals surface area (Å²) in [5.41, 5.74) is 5.58. The zero-order valence-corrected chi connectivity index (χ0v) is 12.5. The Morgan fingerprint density at radius 3 is 1.81 bits per heavy atom. The van der Waals surface area contributed by atoms with Crippen LogP contribution in [0.3, 0.4) is 0 Å². The third kappa shape index (κ3) is 8.12. The van der Waals surface area contributed by atoms with Gasteiger partial charge in [0.15, 0.2) is 0 Å². The van der Waals surface area contributed by atoms with Crippen molar-refractivity contribution in [3.63, 3.8) is 0 Å². The average Bonchev–Trinajstić information content (AvgIpc) is 2.28. The summed E-state index contributed by atoms with van der Waals surface area (Å²) in [7, 11) is 0. The zero-order chi connectivity index (χ0) is 11.5. The fraction of sp³-hybridized carbons (Fsp3) is 1.00. The number of nitrogens with two attached hydrogens (primary N) is 1. The monoisotopic (exact) mass is 280 g/mol. The standard InChI is InChI=1S/C11H24N2S3/c12-2-1-3-13-4-6-14-8-10-16-11-9-15-7-5-13/h1-12H2. The van der Waals surface area contributed by atoms with Gasteiger partial charge in [-0.1, -0.05) is 0 Å². The van der Waals surface area contributed by atoms with Gasteiger partial charge in [0.1, 0.15) is 0 Å². The molecule has 0 aromatic heterocycles. The van der Waals surface area contributed by atoms with Crippen LogP contribution in [0.5, 0.6) is 0 Å². The molecule has 1 fully saturated rings. The van der Waals surface area contributed by atoms with Crippen LogP contribution in [-0.2, 0) is 0 Å². The molecule has 0 spiro atoms. The summed E-state index contributed by atoms with van der Waals surface area (Å²) in [6.07, 6.45) is 1.14. The van der Waals surface area contributed by atoms with Crippen LogP contribution < -0.4 is 5.73 Å². The first-order valence-corrected chi connectivity index (χ1v) is 9.55. The Kier molecular flexibility index (Phi) is 10.4. The molecule has 0 aliphatic carbocycles. The molecule has 1 aliphatic rings. The minimum atomic E-state index is 0.827. The van der Waals surface area contributed by atoms with E-state index in [1.807, 2.05) is 0 Å². The molecule has 96 valence electrons. The first-order chi connectivity index (χ1) is 7.93. The zero-order valence-electron chi connectivity index (χ0n) is 10.0. The molecule has 0 atom stereocenters. The first kappa shape index (κ1) is 15.0. The Labute approximate surface area is 113 Å². The van der Waals surface area contributed by atoms with Crippen LogP contribution in [0, 0.1) is 0 Å². The normalized spacial score (nSPS) is 22.3. The van der Waals surface area contributed by atoms with Gasteiger partial charge >= 0.3 is 0 Å². The molecule has 0 unspecified atom stereocenters. The van der Waals surface area contributed by atoms with Gasteiger partial charge in [0, 0.05) is 47.6 Å². The fourth-order valence-electron chi connectivity index (χ4n) is 1.58.